The minimum Gasteiger partial charge on any atom is -0.317 e. The number of rotatable bonds is 6. The lowest BCUT2D eigenvalue weighted by Gasteiger charge is -2.25. The van der Waals surface area contributed by atoms with Crippen LogP contribution in [-0.4, -0.2) is 13.1 Å². The summed E-state index contributed by atoms with van der Waals surface area (Å²) in [5, 5.41) is 3.44. The van der Waals surface area contributed by atoms with Crippen molar-refractivity contribution in [1.82, 2.24) is 5.32 Å². The Hall–Kier alpha value is -1.93. The van der Waals surface area contributed by atoms with Gasteiger partial charge in [0.2, 0.25) is 0 Å². The van der Waals surface area contributed by atoms with Gasteiger partial charge in [-0.05, 0) is 85.5 Å². The number of allylic oxidation sites excluding steroid dienone is 7. The first-order valence-electron chi connectivity index (χ1n) is 9.64. The van der Waals surface area contributed by atoms with Crippen molar-refractivity contribution < 1.29 is 4.39 Å². The molecule has 1 aromatic carbocycles. The maximum Gasteiger partial charge on any atom is 0.116 e. The highest BCUT2D eigenvalue weighted by atomic mass is 19.1. The SMILES string of the molecule is C=C(F)/C=C(\C=C/C)/C=C(/c1cc(C2CCNCC2)ccc1C)C(C)C. The topological polar surface area (TPSA) is 12.0 Å². The molecule has 0 spiro atoms. The van der Waals surface area contributed by atoms with Crippen molar-refractivity contribution in [2.75, 3.05) is 13.1 Å². The highest BCUT2D eigenvalue weighted by molar-refractivity contribution is 5.73. The summed E-state index contributed by atoms with van der Waals surface area (Å²) in [6.07, 6.45) is 9.84. The molecule has 1 aromatic rings. The molecule has 1 heterocycles. The second-order valence-electron chi connectivity index (χ2n) is 7.44. The van der Waals surface area contributed by atoms with Crippen LogP contribution in [0.2, 0.25) is 0 Å². The Morgan fingerprint density at radius 2 is 1.92 bits per heavy atom. The third-order valence-corrected chi connectivity index (χ3v) is 5.01. The first kappa shape index (κ1) is 20.4. The minimum absolute atomic E-state index is 0.346. The zero-order valence-corrected chi connectivity index (χ0v) is 16.6. The van der Waals surface area contributed by atoms with E-state index in [1.165, 1.54) is 41.2 Å². The van der Waals surface area contributed by atoms with Gasteiger partial charge < -0.3 is 5.32 Å². The van der Waals surface area contributed by atoms with Gasteiger partial charge in [0.05, 0.1) is 0 Å². The normalized spacial score (nSPS) is 17.3. The number of hydrogen-bond acceptors (Lipinski definition) is 1. The Kier molecular flexibility index (Phi) is 7.59. The monoisotopic (exact) mass is 353 g/mol. The molecule has 1 N–H and O–H groups in total. The summed E-state index contributed by atoms with van der Waals surface area (Å²) in [7, 11) is 0. The average molecular weight is 354 g/mol. The molecule has 0 aromatic heterocycles. The minimum atomic E-state index is -0.419. The maximum absolute atomic E-state index is 13.4. The molecule has 0 aliphatic carbocycles. The molecule has 1 nitrogen and oxygen atoms in total. The lowest BCUT2D eigenvalue weighted by molar-refractivity contribution is 0.460. The molecule has 0 radical (unpaired) electrons. The fourth-order valence-corrected chi connectivity index (χ4v) is 3.61. The molecule has 1 saturated heterocycles. The highest BCUT2D eigenvalue weighted by Crippen LogP contribution is 2.33. The zero-order chi connectivity index (χ0) is 19.1. The quantitative estimate of drug-likeness (QED) is 0.577. The van der Waals surface area contributed by atoms with Gasteiger partial charge in [-0.25, -0.2) is 4.39 Å². The lowest BCUT2D eigenvalue weighted by Crippen LogP contribution is -2.26. The van der Waals surface area contributed by atoms with Gasteiger partial charge in [0.15, 0.2) is 0 Å². The molecule has 1 aliphatic heterocycles. The fraction of sp³-hybridized carbons (Fsp3) is 0.417. The van der Waals surface area contributed by atoms with Crippen LogP contribution in [0.5, 0.6) is 0 Å². The summed E-state index contributed by atoms with van der Waals surface area (Å²) in [6.45, 7) is 14.1. The van der Waals surface area contributed by atoms with Gasteiger partial charge >= 0.3 is 0 Å². The lowest BCUT2D eigenvalue weighted by atomic mass is 9.84. The molecule has 2 heteroatoms. The fourth-order valence-electron chi connectivity index (χ4n) is 3.61. The van der Waals surface area contributed by atoms with Crippen molar-refractivity contribution in [2.24, 2.45) is 5.92 Å². The molecular formula is C24H32FN. The van der Waals surface area contributed by atoms with Gasteiger partial charge in [0.1, 0.15) is 5.83 Å². The van der Waals surface area contributed by atoms with E-state index in [-0.39, 0.29) is 0 Å². The van der Waals surface area contributed by atoms with E-state index in [0.29, 0.717) is 11.8 Å². The third kappa shape index (κ3) is 5.54. The molecular weight excluding hydrogens is 321 g/mol. The van der Waals surface area contributed by atoms with Crippen molar-refractivity contribution in [1.29, 1.82) is 0 Å². The summed E-state index contributed by atoms with van der Waals surface area (Å²) in [5.74, 6) is 0.552. The summed E-state index contributed by atoms with van der Waals surface area (Å²) in [4.78, 5) is 0. The summed E-state index contributed by atoms with van der Waals surface area (Å²) >= 11 is 0. The van der Waals surface area contributed by atoms with Crippen LogP contribution in [0, 0.1) is 12.8 Å². The van der Waals surface area contributed by atoms with Crippen LogP contribution in [0.4, 0.5) is 4.39 Å². The van der Waals surface area contributed by atoms with Crippen LogP contribution in [0.1, 0.15) is 56.2 Å². The van der Waals surface area contributed by atoms with Gasteiger partial charge in [0.25, 0.3) is 0 Å². The van der Waals surface area contributed by atoms with Gasteiger partial charge in [0, 0.05) is 0 Å². The number of aryl methyl sites for hydroxylation is 1. The Morgan fingerprint density at radius 1 is 1.23 bits per heavy atom. The second kappa shape index (κ2) is 9.68. The van der Waals surface area contributed by atoms with Crippen LogP contribution < -0.4 is 5.32 Å². The van der Waals surface area contributed by atoms with E-state index < -0.39 is 5.83 Å². The van der Waals surface area contributed by atoms with E-state index >= 15 is 0 Å². The van der Waals surface area contributed by atoms with Gasteiger partial charge in [-0.1, -0.05) is 56.9 Å². The zero-order valence-electron chi connectivity index (χ0n) is 16.6. The molecule has 2 rings (SSSR count). The molecule has 0 amide bonds. The van der Waals surface area contributed by atoms with Crippen molar-refractivity contribution in [2.45, 2.75) is 46.5 Å². The van der Waals surface area contributed by atoms with E-state index in [9.17, 15) is 4.39 Å². The van der Waals surface area contributed by atoms with Crippen LogP contribution in [0.15, 0.2) is 60.5 Å². The predicted molar refractivity (Wildman–Crippen MR) is 112 cm³/mol. The van der Waals surface area contributed by atoms with E-state index in [1.54, 1.807) is 0 Å². The Balaban J connectivity index is 2.48. The van der Waals surface area contributed by atoms with Crippen molar-refractivity contribution in [3.05, 3.63) is 77.2 Å². The summed E-state index contributed by atoms with van der Waals surface area (Å²) in [6, 6.07) is 6.86. The number of benzene rings is 1. The number of piperidine rings is 1. The molecule has 0 bridgehead atoms. The molecule has 0 atom stereocenters. The largest absolute Gasteiger partial charge is 0.317 e. The van der Waals surface area contributed by atoms with Gasteiger partial charge in [-0.2, -0.15) is 0 Å². The maximum atomic E-state index is 13.4. The highest BCUT2D eigenvalue weighted by Gasteiger charge is 2.18. The van der Waals surface area contributed by atoms with Crippen LogP contribution in [0.3, 0.4) is 0 Å². The van der Waals surface area contributed by atoms with Crippen LogP contribution in [-0.2, 0) is 0 Å². The first-order chi connectivity index (χ1) is 12.4. The van der Waals surface area contributed by atoms with Gasteiger partial charge in [-0.3, -0.25) is 0 Å². The molecule has 140 valence electrons. The summed E-state index contributed by atoms with van der Waals surface area (Å²) < 4.78 is 13.4. The number of nitrogens with one attached hydrogen (secondary N) is 1. The first-order valence-corrected chi connectivity index (χ1v) is 9.64. The molecule has 1 aliphatic rings. The Labute approximate surface area is 158 Å². The number of halogens is 1. The standard InChI is InChI=1S/C24H32FN/c1-6-7-20(14-19(5)25)15-23(17(2)3)24-16-22(9-8-18(24)4)21-10-12-26-13-11-21/h6-9,14-17,21,26H,5,10-13H2,1-4H3/b7-6-,20-14+,23-15+. The van der Waals surface area contributed by atoms with Gasteiger partial charge in [-0.15, -0.1) is 0 Å². The Bertz CT molecular complexity index is 716. The van der Waals surface area contributed by atoms with E-state index in [4.69, 9.17) is 0 Å². The molecule has 0 saturated carbocycles. The van der Waals surface area contributed by atoms with E-state index in [2.05, 4.69) is 56.9 Å². The van der Waals surface area contributed by atoms with Crippen LogP contribution in [0.25, 0.3) is 5.57 Å². The second-order valence-corrected chi connectivity index (χ2v) is 7.44. The third-order valence-electron chi connectivity index (χ3n) is 5.01. The molecule has 1 fully saturated rings. The molecule has 26 heavy (non-hydrogen) atoms. The average Bonchev–Trinajstić information content (AvgIpc) is 2.60. The van der Waals surface area contributed by atoms with Crippen LogP contribution >= 0.6 is 0 Å². The van der Waals surface area contributed by atoms with Crippen molar-refractivity contribution >= 4 is 5.57 Å². The predicted octanol–water partition coefficient (Wildman–Crippen LogP) is 6.49. The van der Waals surface area contributed by atoms with E-state index in [1.807, 2.05) is 19.1 Å². The summed E-state index contributed by atoms with van der Waals surface area (Å²) in [5.41, 5.74) is 6.04. The molecule has 0 unspecified atom stereocenters. The van der Waals surface area contributed by atoms with Crippen molar-refractivity contribution in [3.8, 4) is 0 Å². The smallest absolute Gasteiger partial charge is 0.116 e. The van der Waals surface area contributed by atoms with E-state index in [0.717, 1.165) is 18.7 Å². The number of hydrogen-bond donors (Lipinski definition) is 1. The Morgan fingerprint density at radius 3 is 2.50 bits per heavy atom. The van der Waals surface area contributed by atoms with Crippen molar-refractivity contribution in [3.63, 3.8) is 0 Å².